The zero-order valence-corrected chi connectivity index (χ0v) is 18.6. The SMILES string of the molecule is Cc1ccc([Te]/C=C(/[Te]c2ccc(C)cc2)c2ccccc2)cc1. The molecule has 120 valence electrons. The van der Waals surface area contributed by atoms with Gasteiger partial charge in [0.2, 0.25) is 0 Å². The molecule has 3 aromatic carbocycles. The molecule has 0 aromatic heterocycles. The third kappa shape index (κ3) is 5.24. The minimum atomic E-state index is -0.349. The van der Waals surface area contributed by atoms with E-state index in [4.69, 9.17) is 0 Å². The molecule has 0 fully saturated rings. The van der Waals surface area contributed by atoms with Crippen LogP contribution in [0.3, 0.4) is 0 Å². The summed E-state index contributed by atoms with van der Waals surface area (Å²) in [4.78, 5) is 0. The van der Waals surface area contributed by atoms with Crippen molar-refractivity contribution in [1.29, 1.82) is 0 Å². The fraction of sp³-hybridized carbons (Fsp3) is 0.0909. The van der Waals surface area contributed by atoms with Gasteiger partial charge in [-0.1, -0.05) is 0 Å². The van der Waals surface area contributed by atoms with Gasteiger partial charge < -0.3 is 0 Å². The quantitative estimate of drug-likeness (QED) is 0.435. The molecular formula is C22H20Te2. The van der Waals surface area contributed by atoms with Gasteiger partial charge in [-0.15, -0.1) is 0 Å². The van der Waals surface area contributed by atoms with Crippen molar-refractivity contribution in [1.82, 2.24) is 0 Å². The second-order valence-electron chi connectivity index (χ2n) is 5.69. The molecule has 0 N–H and O–H groups in total. The molecule has 0 radical (unpaired) electrons. The van der Waals surface area contributed by atoms with E-state index in [1.54, 1.807) is 3.62 Å². The van der Waals surface area contributed by atoms with Crippen LogP contribution in [0.1, 0.15) is 16.7 Å². The van der Waals surface area contributed by atoms with Crippen LogP contribution in [0.4, 0.5) is 0 Å². The second kappa shape index (κ2) is 8.89. The van der Waals surface area contributed by atoms with Crippen LogP contribution in [-0.4, -0.2) is 41.8 Å². The van der Waals surface area contributed by atoms with Gasteiger partial charge in [0.15, 0.2) is 0 Å². The van der Waals surface area contributed by atoms with Crippen LogP contribution in [0.5, 0.6) is 0 Å². The number of benzene rings is 3. The minimum absolute atomic E-state index is 0.284. The molecule has 3 aromatic rings. The van der Waals surface area contributed by atoms with Crippen LogP contribution >= 0.6 is 0 Å². The Morgan fingerprint density at radius 1 is 0.667 bits per heavy atom. The Morgan fingerprint density at radius 2 is 1.21 bits per heavy atom. The normalized spacial score (nSPS) is 11.5. The summed E-state index contributed by atoms with van der Waals surface area (Å²) in [6.45, 7) is 4.31. The van der Waals surface area contributed by atoms with Crippen LogP contribution in [0.25, 0.3) is 3.62 Å². The third-order valence-corrected chi connectivity index (χ3v) is 10.7. The molecular weight excluding hydrogens is 519 g/mol. The van der Waals surface area contributed by atoms with Crippen molar-refractivity contribution in [3.63, 3.8) is 0 Å². The molecule has 0 heterocycles. The molecule has 2 heteroatoms. The van der Waals surface area contributed by atoms with Crippen molar-refractivity contribution >= 4 is 52.7 Å². The van der Waals surface area contributed by atoms with Crippen LogP contribution in [-0.2, 0) is 0 Å². The summed E-state index contributed by atoms with van der Waals surface area (Å²) in [5, 5.41) is 0. The summed E-state index contributed by atoms with van der Waals surface area (Å²) in [6.07, 6.45) is 0. The molecule has 0 nitrogen and oxygen atoms in total. The average molecular weight is 540 g/mol. The summed E-state index contributed by atoms with van der Waals surface area (Å²) in [7, 11) is 0. The van der Waals surface area contributed by atoms with E-state index in [1.807, 2.05) is 0 Å². The Hall–Kier alpha value is -1.02. The summed E-state index contributed by atoms with van der Waals surface area (Å²) in [6, 6.07) is 29.0. The predicted octanol–water partition coefficient (Wildman–Crippen LogP) is 3.66. The van der Waals surface area contributed by atoms with Crippen LogP contribution in [0.15, 0.2) is 83.0 Å². The van der Waals surface area contributed by atoms with Gasteiger partial charge in [0.25, 0.3) is 0 Å². The number of aryl methyl sites for hydroxylation is 2. The van der Waals surface area contributed by atoms with Crippen LogP contribution in [0, 0.1) is 13.8 Å². The van der Waals surface area contributed by atoms with E-state index < -0.39 is 0 Å². The molecule has 0 bridgehead atoms. The zero-order chi connectivity index (χ0) is 16.8. The van der Waals surface area contributed by atoms with Gasteiger partial charge in [0, 0.05) is 0 Å². The van der Waals surface area contributed by atoms with E-state index in [1.165, 1.54) is 23.9 Å². The predicted molar refractivity (Wildman–Crippen MR) is 108 cm³/mol. The van der Waals surface area contributed by atoms with Crippen LogP contribution < -0.4 is 7.22 Å². The van der Waals surface area contributed by atoms with E-state index >= 15 is 0 Å². The fourth-order valence-electron chi connectivity index (χ4n) is 2.23. The molecule has 0 saturated carbocycles. The topological polar surface area (TPSA) is 0 Å². The van der Waals surface area contributed by atoms with E-state index in [2.05, 4.69) is 96.8 Å². The first-order valence-corrected chi connectivity index (χ1v) is 12.8. The molecule has 0 aliphatic carbocycles. The maximum atomic E-state index is 2.56. The fourth-order valence-corrected chi connectivity index (χ4v) is 8.35. The van der Waals surface area contributed by atoms with Crippen molar-refractivity contribution in [2.45, 2.75) is 13.8 Å². The number of hydrogen-bond acceptors (Lipinski definition) is 0. The Labute approximate surface area is 165 Å². The van der Waals surface area contributed by atoms with Gasteiger partial charge >= 0.3 is 166 Å². The molecule has 0 spiro atoms. The molecule has 0 amide bonds. The molecule has 0 aliphatic heterocycles. The van der Waals surface area contributed by atoms with E-state index in [9.17, 15) is 0 Å². The molecule has 0 atom stereocenters. The monoisotopic (exact) mass is 544 g/mol. The Kier molecular flexibility index (Phi) is 6.59. The Balaban J connectivity index is 1.85. The summed E-state index contributed by atoms with van der Waals surface area (Å²) < 4.78 is 7.16. The summed E-state index contributed by atoms with van der Waals surface area (Å²) in [5.74, 6) is 0. The zero-order valence-electron chi connectivity index (χ0n) is 13.9. The van der Waals surface area contributed by atoms with Crippen molar-refractivity contribution in [2.75, 3.05) is 0 Å². The average Bonchev–Trinajstić information content (AvgIpc) is 2.62. The Morgan fingerprint density at radius 3 is 1.79 bits per heavy atom. The first-order chi connectivity index (χ1) is 11.7. The van der Waals surface area contributed by atoms with Gasteiger partial charge in [0.1, 0.15) is 0 Å². The van der Waals surface area contributed by atoms with E-state index in [0.29, 0.717) is 0 Å². The van der Waals surface area contributed by atoms with Crippen molar-refractivity contribution in [3.05, 3.63) is 99.7 Å². The molecule has 0 unspecified atom stereocenters. The summed E-state index contributed by atoms with van der Waals surface area (Å²) >= 11 is -0.633. The van der Waals surface area contributed by atoms with Crippen molar-refractivity contribution < 1.29 is 0 Å². The van der Waals surface area contributed by atoms with Gasteiger partial charge in [-0.25, -0.2) is 0 Å². The number of rotatable bonds is 5. The molecule has 0 aliphatic rings. The third-order valence-electron chi connectivity index (χ3n) is 3.63. The van der Waals surface area contributed by atoms with Gasteiger partial charge in [-0.05, 0) is 0 Å². The van der Waals surface area contributed by atoms with E-state index in [-0.39, 0.29) is 41.8 Å². The first kappa shape index (κ1) is 17.8. The van der Waals surface area contributed by atoms with Crippen LogP contribution in [0.2, 0.25) is 0 Å². The molecule has 3 rings (SSSR count). The first-order valence-electron chi connectivity index (χ1n) is 7.94. The maximum absolute atomic E-state index is 2.56. The van der Waals surface area contributed by atoms with Gasteiger partial charge in [-0.2, -0.15) is 0 Å². The van der Waals surface area contributed by atoms with Crippen molar-refractivity contribution in [2.24, 2.45) is 0 Å². The molecule has 0 saturated heterocycles. The second-order valence-corrected chi connectivity index (χ2v) is 11.6. The number of hydrogen-bond donors (Lipinski definition) is 0. The van der Waals surface area contributed by atoms with Crippen molar-refractivity contribution in [3.8, 4) is 0 Å². The summed E-state index contributed by atoms with van der Waals surface area (Å²) in [5.41, 5.74) is 4.08. The molecule has 24 heavy (non-hydrogen) atoms. The van der Waals surface area contributed by atoms with Gasteiger partial charge in [-0.3, -0.25) is 0 Å². The Bertz CT molecular complexity index is 801. The van der Waals surface area contributed by atoms with Gasteiger partial charge in [0.05, 0.1) is 0 Å². The standard InChI is InChI=1S/C22H20Te2/c1-17-8-12-20(13-9-17)23-16-22(19-6-4-3-5-7-19)24-21-14-10-18(2)11-15-21/h3-16H,1-2H3/b22-16+. The van der Waals surface area contributed by atoms with E-state index in [0.717, 1.165) is 0 Å².